The Hall–Kier alpha value is -1.08. The molecular weight excluding hydrogens is 286 g/mol. The molecule has 1 aliphatic heterocycles. The van der Waals surface area contributed by atoms with E-state index in [0.29, 0.717) is 5.75 Å². The lowest BCUT2D eigenvalue weighted by Crippen LogP contribution is -2.25. The standard InChI is InChI=1S/C12H17NO4S2/c1-18(14)13-8-4-3-5-10-9-11(6-7-12(10)13)17-19(2,15)16/h6-7,9H,3-5,8H2,1-2H3. The Morgan fingerprint density at radius 2 is 2.05 bits per heavy atom. The Kier molecular flexibility index (Phi) is 4.15. The van der Waals surface area contributed by atoms with Crippen LogP contribution in [0.4, 0.5) is 5.69 Å². The van der Waals surface area contributed by atoms with Gasteiger partial charge in [0.15, 0.2) is 0 Å². The fourth-order valence-corrected chi connectivity index (χ4v) is 3.48. The Morgan fingerprint density at radius 1 is 1.32 bits per heavy atom. The van der Waals surface area contributed by atoms with E-state index >= 15 is 0 Å². The minimum atomic E-state index is -3.52. The zero-order chi connectivity index (χ0) is 14.0. The van der Waals surface area contributed by atoms with Crippen LogP contribution in [-0.2, 0) is 27.5 Å². The van der Waals surface area contributed by atoms with Crippen molar-refractivity contribution < 1.29 is 16.8 Å². The molecule has 1 aromatic carbocycles. The number of hydrogen-bond acceptors (Lipinski definition) is 4. The Balaban J connectivity index is 2.38. The van der Waals surface area contributed by atoms with Crippen molar-refractivity contribution in [2.24, 2.45) is 0 Å². The summed E-state index contributed by atoms with van der Waals surface area (Å²) >= 11 is 0. The lowest BCUT2D eigenvalue weighted by Gasteiger charge is -2.21. The normalized spacial score (nSPS) is 17.5. The lowest BCUT2D eigenvalue weighted by molar-refractivity contribution is 0.492. The first kappa shape index (κ1) is 14.3. The van der Waals surface area contributed by atoms with Crippen LogP contribution in [0.1, 0.15) is 18.4 Å². The predicted octanol–water partition coefficient (Wildman–Crippen LogP) is 1.46. The number of aryl methyl sites for hydroxylation is 1. The zero-order valence-corrected chi connectivity index (χ0v) is 12.6. The molecule has 106 valence electrons. The van der Waals surface area contributed by atoms with Crippen molar-refractivity contribution in [1.82, 2.24) is 0 Å². The smallest absolute Gasteiger partial charge is 0.306 e. The third kappa shape index (κ3) is 3.70. The van der Waals surface area contributed by atoms with E-state index in [1.165, 1.54) is 0 Å². The fourth-order valence-electron chi connectivity index (χ4n) is 2.19. The van der Waals surface area contributed by atoms with Gasteiger partial charge < -0.3 is 4.18 Å². The molecule has 19 heavy (non-hydrogen) atoms. The van der Waals surface area contributed by atoms with E-state index in [1.807, 2.05) is 4.31 Å². The van der Waals surface area contributed by atoms with Gasteiger partial charge in [-0.05, 0) is 43.0 Å². The molecule has 0 fully saturated rings. The van der Waals surface area contributed by atoms with E-state index in [4.69, 9.17) is 4.18 Å². The van der Waals surface area contributed by atoms with Crippen LogP contribution in [0.25, 0.3) is 0 Å². The zero-order valence-electron chi connectivity index (χ0n) is 11.0. The second-order valence-electron chi connectivity index (χ2n) is 4.56. The summed E-state index contributed by atoms with van der Waals surface area (Å²) in [4.78, 5) is 0. The van der Waals surface area contributed by atoms with Gasteiger partial charge in [-0.25, -0.2) is 4.21 Å². The number of rotatable bonds is 3. The van der Waals surface area contributed by atoms with Crippen molar-refractivity contribution >= 4 is 26.8 Å². The van der Waals surface area contributed by atoms with Crippen molar-refractivity contribution in [2.75, 3.05) is 23.4 Å². The molecule has 0 saturated carbocycles. The Bertz CT molecular complexity index is 598. The summed E-state index contributed by atoms with van der Waals surface area (Å²) in [5, 5.41) is 0. The molecule has 7 heteroatoms. The molecule has 0 radical (unpaired) electrons. The van der Waals surface area contributed by atoms with E-state index in [2.05, 4.69) is 0 Å². The van der Waals surface area contributed by atoms with Gasteiger partial charge in [0.25, 0.3) is 0 Å². The molecule has 1 unspecified atom stereocenters. The van der Waals surface area contributed by atoms with Crippen molar-refractivity contribution in [3.8, 4) is 5.75 Å². The van der Waals surface area contributed by atoms with Gasteiger partial charge in [-0.15, -0.1) is 0 Å². The van der Waals surface area contributed by atoms with Gasteiger partial charge in [0, 0.05) is 12.8 Å². The molecule has 0 bridgehead atoms. The molecule has 5 nitrogen and oxygen atoms in total. The number of hydrogen-bond donors (Lipinski definition) is 0. The highest BCUT2D eigenvalue weighted by molar-refractivity contribution is 7.86. The van der Waals surface area contributed by atoms with Crippen LogP contribution in [0.2, 0.25) is 0 Å². The van der Waals surface area contributed by atoms with Crippen LogP contribution >= 0.6 is 0 Å². The van der Waals surface area contributed by atoms with Gasteiger partial charge in [-0.1, -0.05) is 0 Å². The van der Waals surface area contributed by atoms with Gasteiger partial charge in [-0.2, -0.15) is 8.42 Å². The molecule has 1 aliphatic rings. The highest BCUT2D eigenvalue weighted by Crippen LogP contribution is 2.30. The van der Waals surface area contributed by atoms with Crippen LogP contribution in [0.3, 0.4) is 0 Å². The first-order chi connectivity index (χ1) is 8.87. The molecule has 0 aliphatic carbocycles. The second-order valence-corrected chi connectivity index (χ2v) is 7.42. The quantitative estimate of drug-likeness (QED) is 0.793. The van der Waals surface area contributed by atoms with Gasteiger partial charge >= 0.3 is 10.1 Å². The van der Waals surface area contributed by atoms with Gasteiger partial charge in [0.05, 0.1) is 11.9 Å². The highest BCUT2D eigenvalue weighted by Gasteiger charge is 2.19. The second kappa shape index (κ2) is 5.50. The van der Waals surface area contributed by atoms with Crippen molar-refractivity contribution in [2.45, 2.75) is 19.3 Å². The van der Waals surface area contributed by atoms with Gasteiger partial charge in [-0.3, -0.25) is 4.31 Å². The van der Waals surface area contributed by atoms with Gasteiger partial charge in [0.1, 0.15) is 16.7 Å². The van der Waals surface area contributed by atoms with E-state index < -0.39 is 21.1 Å². The summed E-state index contributed by atoms with van der Waals surface area (Å²) in [6, 6.07) is 5.11. The molecule has 0 amide bonds. The molecule has 0 N–H and O–H groups in total. The van der Waals surface area contributed by atoms with Crippen molar-refractivity contribution in [3.05, 3.63) is 23.8 Å². The van der Waals surface area contributed by atoms with Crippen LogP contribution < -0.4 is 8.49 Å². The van der Waals surface area contributed by atoms with Crippen LogP contribution in [0.5, 0.6) is 5.75 Å². The maximum atomic E-state index is 11.7. The summed E-state index contributed by atoms with van der Waals surface area (Å²) in [6.45, 7) is 0.752. The molecule has 0 saturated heterocycles. The highest BCUT2D eigenvalue weighted by atomic mass is 32.2. The molecule has 0 spiro atoms. The molecule has 1 aromatic rings. The van der Waals surface area contributed by atoms with E-state index in [9.17, 15) is 12.6 Å². The SMILES string of the molecule is CS(=O)N1CCCCc2cc(OS(C)(=O)=O)ccc21. The Labute approximate surface area is 116 Å². The monoisotopic (exact) mass is 303 g/mol. The first-order valence-electron chi connectivity index (χ1n) is 6.00. The number of anilines is 1. The third-order valence-electron chi connectivity index (χ3n) is 2.93. The summed E-state index contributed by atoms with van der Waals surface area (Å²) in [5.41, 5.74) is 1.88. The summed E-state index contributed by atoms with van der Waals surface area (Å²) in [7, 11) is -4.59. The Morgan fingerprint density at radius 3 is 2.68 bits per heavy atom. The van der Waals surface area contributed by atoms with Gasteiger partial charge in [0.2, 0.25) is 0 Å². The van der Waals surface area contributed by atoms with Crippen LogP contribution in [-0.4, -0.2) is 31.7 Å². The first-order valence-corrected chi connectivity index (χ1v) is 9.33. The van der Waals surface area contributed by atoms with Crippen LogP contribution in [0.15, 0.2) is 18.2 Å². The number of nitrogens with zero attached hydrogens (tertiary/aromatic N) is 1. The largest absolute Gasteiger partial charge is 0.383 e. The molecule has 1 atom stereocenters. The van der Waals surface area contributed by atoms with Crippen molar-refractivity contribution in [3.63, 3.8) is 0 Å². The third-order valence-corrected chi connectivity index (χ3v) is 4.43. The minimum absolute atomic E-state index is 0.310. The lowest BCUT2D eigenvalue weighted by atomic mass is 10.1. The summed E-state index contributed by atoms with van der Waals surface area (Å²) in [6.07, 6.45) is 5.46. The molecule has 0 aromatic heterocycles. The number of fused-ring (bicyclic) bond motifs is 1. The van der Waals surface area contributed by atoms with Crippen molar-refractivity contribution in [1.29, 1.82) is 0 Å². The average Bonchev–Trinajstić information content (AvgIpc) is 2.48. The molecule has 1 heterocycles. The fraction of sp³-hybridized carbons (Fsp3) is 0.500. The topological polar surface area (TPSA) is 63.7 Å². The summed E-state index contributed by atoms with van der Waals surface area (Å²) < 4.78 is 40.7. The average molecular weight is 303 g/mol. The maximum absolute atomic E-state index is 11.7. The van der Waals surface area contributed by atoms with E-state index in [1.54, 1.807) is 24.5 Å². The predicted molar refractivity (Wildman–Crippen MR) is 76.3 cm³/mol. The van der Waals surface area contributed by atoms with E-state index in [-0.39, 0.29) is 0 Å². The minimum Gasteiger partial charge on any atom is -0.383 e. The summed E-state index contributed by atoms with van der Waals surface area (Å²) in [5.74, 6) is 0.310. The van der Waals surface area contributed by atoms with E-state index in [0.717, 1.165) is 43.3 Å². The molecule has 2 rings (SSSR count). The van der Waals surface area contributed by atoms with Crippen LogP contribution in [0, 0.1) is 0 Å². The molecular formula is C12H17NO4S2. The maximum Gasteiger partial charge on any atom is 0.306 e. The number of benzene rings is 1.